The van der Waals surface area contributed by atoms with Gasteiger partial charge in [0, 0.05) is 24.8 Å². The molecule has 0 aromatic heterocycles. The van der Waals surface area contributed by atoms with Crippen molar-refractivity contribution < 1.29 is 19.4 Å². The topological polar surface area (TPSA) is 78.9 Å². The number of carbonyl (C=O) groups excluding carboxylic acids is 1. The molecule has 0 spiro atoms. The molecule has 1 amide bonds. The van der Waals surface area contributed by atoms with Crippen molar-refractivity contribution in [2.45, 2.75) is 45.2 Å². The van der Waals surface area contributed by atoms with E-state index in [1.54, 1.807) is 4.90 Å². The summed E-state index contributed by atoms with van der Waals surface area (Å²) in [6.07, 6.45) is 1.64. The first-order chi connectivity index (χ1) is 8.79. The Hall–Kier alpha value is -1.14. The Morgan fingerprint density at radius 2 is 1.84 bits per heavy atom. The summed E-state index contributed by atoms with van der Waals surface area (Å²) < 4.78 is 5.23. The van der Waals surface area contributed by atoms with Crippen LogP contribution in [0, 0.1) is 0 Å². The van der Waals surface area contributed by atoms with E-state index in [-0.39, 0.29) is 30.6 Å². The van der Waals surface area contributed by atoms with Gasteiger partial charge in [0.05, 0.1) is 13.1 Å². The molecule has 1 saturated heterocycles. The summed E-state index contributed by atoms with van der Waals surface area (Å²) >= 11 is 0. The third kappa shape index (κ3) is 6.02. The summed E-state index contributed by atoms with van der Waals surface area (Å²) in [6.45, 7) is 7.01. The molecule has 1 fully saturated rings. The number of amides is 1. The van der Waals surface area contributed by atoms with Crippen LogP contribution in [0.5, 0.6) is 0 Å². The van der Waals surface area contributed by atoms with Gasteiger partial charge in [0.1, 0.15) is 0 Å². The molecule has 19 heavy (non-hydrogen) atoms. The van der Waals surface area contributed by atoms with Crippen LogP contribution in [0.4, 0.5) is 0 Å². The van der Waals surface area contributed by atoms with Crippen LogP contribution in [0.15, 0.2) is 0 Å². The Balaban J connectivity index is 2.48. The molecule has 1 rings (SSSR count). The smallest absolute Gasteiger partial charge is 0.317 e. The maximum absolute atomic E-state index is 12.0. The van der Waals surface area contributed by atoms with Crippen molar-refractivity contribution in [3.63, 3.8) is 0 Å². The molecular formula is C13H24N2O4. The number of rotatable bonds is 5. The molecule has 0 aromatic carbocycles. The molecule has 0 unspecified atom stereocenters. The molecule has 0 bridgehead atoms. The maximum Gasteiger partial charge on any atom is 0.317 e. The van der Waals surface area contributed by atoms with Crippen LogP contribution >= 0.6 is 0 Å². The normalized spacial score (nSPS) is 17.5. The standard InChI is InChI=1S/C13H24N2O4/c1-13(2,3)15(9-12(17)18)8-11(16)14-10-4-6-19-7-5-10/h10H,4-9H2,1-3H3,(H,14,16)(H,17,18). The number of carbonyl (C=O) groups is 2. The van der Waals surface area contributed by atoms with Gasteiger partial charge in [0.15, 0.2) is 0 Å². The summed E-state index contributed by atoms with van der Waals surface area (Å²) in [4.78, 5) is 24.5. The number of hydrogen-bond acceptors (Lipinski definition) is 4. The Kier molecular flexibility index (Phi) is 5.75. The average molecular weight is 272 g/mol. The predicted octanol–water partition coefficient (Wildman–Crippen LogP) is 0.467. The monoisotopic (exact) mass is 272 g/mol. The van der Waals surface area contributed by atoms with Crippen LogP contribution in [-0.2, 0) is 14.3 Å². The summed E-state index contributed by atoms with van der Waals surface area (Å²) in [6, 6.07) is 0.146. The number of hydrogen-bond donors (Lipinski definition) is 2. The summed E-state index contributed by atoms with van der Waals surface area (Å²) in [5, 5.41) is 11.8. The van der Waals surface area contributed by atoms with E-state index >= 15 is 0 Å². The second kappa shape index (κ2) is 6.86. The average Bonchev–Trinajstić information content (AvgIpc) is 2.27. The molecule has 0 saturated carbocycles. The van der Waals surface area contributed by atoms with E-state index in [4.69, 9.17) is 9.84 Å². The van der Waals surface area contributed by atoms with Gasteiger partial charge in [0.2, 0.25) is 5.91 Å². The van der Waals surface area contributed by atoms with E-state index in [1.807, 2.05) is 20.8 Å². The Morgan fingerprint density at radius 3 is 2.32 bits per heavy atom. The third-order valence-electron chi connectivity index (χ3n) is 3.20. The minimum absolute atomic E-state index is 0.104. The Morgan fingerprint density at radius 1 is 1.26 bits per heavy atom. The van der Waals surface area contributed by atoms with Gasteiger partial charge >= 0.3 is 5.97 Å². The van der Waals surface area contributed by atoms with Crippen LogP contribution in [0.2, 0.25) is 0 Å². The molecule has 0 atom stereocenters. The van der Waals surface area contributed by atoms with Gasteiger partial charge in [-0.3, -0.25) is 14.5 Å². The highest BCUT2D eigenvalue weighted by Gasteiger charge is 2.26. The zero-order valence-electron chi connectivity index (χ0n) is 11.9. The molecule has 6 heteroatoms. The third-order valence-corrected chi connectivity index (χ3v) is 3.20. The molecule has 1 aliphatic heterocycles. The van der Waals surface area contributed by atoms with Crippen LogP contribution in [-0.4, -0.2) is 59.8 Å². The second-order valence-corrected chi connectivity index (χ2v) is 5.87. The molecule has 2 N–H and O–H groups in total. The maximum atomic E-state index is 12.0. The fourth-order valence-corrected chi connectivity index (χ4v) is 1.98. The lowest BCUT2D eigenvalue weighted by Crippen LogP contribution is -2.51. The first-order valence-electron chi connectivity index (χ1n) is 6.63. The lowest BCUT2D eigenvalue weighted by atomic mass is 10.1. The number of nitrogens with one attached hydrogen (secondary N) is 1. The molecule has 1 aliphatic rings. The molecule has 110 valence electrons. The predicted molar refractivity (Wildman–Crippen MR) is 70.9 cm³/mol. The van der Waals surface area contributed by atoms with Gasteiger partial charge in [-0.05, 0) is 33.6 Å². The fourth-order valence-electron chi connectivity index (χ4n) is 1.98. The van der Waals surface area contributed by atoms with E-state index in [0.717, 1.165) is 12.8 Å². The Labute approximate surface area is 114 Å². The highest BCUT2D eigenvalue weighted by atomic mass is 16.5. The molecule has 1 heterocycles. The van der Waals surface area contributed by atoms with Crippen molar-refractivity contribution in [2.75, 3.05) is 26.3 Å². The largest absolute Gasteiger partial charge is 0.480 e. The van der Waals surface area contributed by atoms with Gasteiger partial charge in [-0.2, -0.15) is 0 Å². The van der Waals surface area contributed by atoms with E-state index < -0.39 is 5.97 Å². The van der Waals surface area contributed by atoms with Gasteiger partial charge in [-0.15, -0.1) is 0 Å². The SMILES string of the molecule is CC(C)(C)N(CC(=O)O)CC(=O)NC1CCOCC1. The molecule has 0 aromatic rings. The first-order valence-corrected chi connectivity index (χ1v) is 6.63. The van der Waals surface area contributed by atoms with Crippen LogP contribution in [0.25, 0.3) is 0 Å². The quantitative estimate of drug-likeness (QED) is 0.760. The zero-order chi connectivity index (χ0) is 14.5. The van der Waals surface area contributed by atoms with E-state index in [2.05, 4.69) is 5.32 Å². The number of carboxylic acid groups (broad SMARTS) is 1. The van der Waals surface area contributed by atoms with E-state index in [9.17, 15) is 9.59 Å². The molecule has 6 nitrogen and oxygen atoms in total. The number of ether oxygens (including phenoxy) is 1. The van der Waals surface area contributed by atoms with Crippen LogP contribution in [0.1, 0.15) is 33.6 Å². The molecule has 0 radical (unpaired) electrons. The van der Waals surface area contributed by atoms with Crippen molar-refractivity contribution in [1.29, 1.82) is 0 Å². The lowest BCUT2D eigenvalue weighted by Gasteiger charge is -2.34. The van der Waals surface area contributed by atoms with E-state index in [0.29, 0.717) is 13.2 Å². The lowest BCUT2D eigenvalue weighted by molar-refractivity contribution is -0.140. The minimum Gasteiger partial charge on any atom is -0.480 e. The van der Waals surface area contributed by atoms with Gasteiger partial charge in [-0.1, -0.05) is 0 Å². The van der Waals surface area contributed by atoms with Crippen molar-refractivity contribution in [3.8, 4) is 0 Å². The van der Waals surface area contributed by atoms with Gasteiger partial charge in [-0.25, -0.2) is 0 Å². The first kappa shape index (κ1) is 15.9. The fraction of sp³-hybridized carbons (Fsp3) is 0.846. The van der Waals surface area contributed by atoms with Gasteiger partial charge < -0.3 is 15.2 Å². The number of carboxylic acids is 1. The van der Waals surface area contributed by atoms with Crippen LogP contribution < -0.4 is 5.32 Å². The van der Waals surface area contributed by atoms with Crippen molar-refractivity contribution in [1.82, 2.24) is 10.2 Å². The second-order valence-electron chi connectivity index (χ2n) is 5.87. The number of nitrogens with zero attached hydrogens (tertiary/aromatic N) is 1. The highest BCUT2D eigenvalue weighted by molar-refractivity contribution is 5.79. The van der Waals surface area contributed by atoms with E-state index in [1.165, 1.54) is 0 Å². The van der Waals surface area contributed by atoms with Crippen LogP contribution in [0.3, 0.4) is 0 Å². The highest BCUT2D eigenvalue weighted by Crippen LogP contribution is 2.12. The Bertz CT molecular complexity index is 319. The summed E-state index contributed by atoms with van der Waals surface area (Å²) in [5.74, 6) is -1.04. The minimum atomic E-state index is -0.922. The van der Waals surface area contributed by atoms with Crippen molar-refractivity contribution in [2.24, 2.45) is 0 Å². The molecular weight excluding hydrogens is 248 g/mol. The van der Waals surface area contributed by atoms with Gasteiger partial charge in [0.25, 0.3) is 0 Å². The summed E-state index contributed by atoms with van der Waals surface area (Å²) in [5.41, 5.74) is -0.356. The van der Waals surface area contributed by atoms with Crippen molar-refractivity contribution in [3.05, 3.63) is 0 Å². The molecule has 0 aliphatic carbocycles. The summed E-state index contributed by atoms with van der Waals surface area (Å²) in [7, 11) is 0. The van der Waals surface area contributed by atoms with Crippen molar-refractivity contribution >= 4 is 11.9 Å². The zero-order valence-corrected chi connectivity index (χ0v) is 11.9. The number of aliphatic carboxylic acids is 1.